The van der Waals surface area contributed by atoms with E-state index in [0.717, 1.165) is 24.8 Å². The highest BCUT2D eigenvalue weighted by molar-refractivity contribution is 6.31. The van der Waals surface area contributed by atoms with Gasteiger partial charge >= 0.3 is 0 Å². The summed E-state index contributed by atoms with van der Waals surface area (Å²) >= 11 is 6.08. The molecule has 1 saturated carbocycles. The standard InChI is InChI=1S/C12H15ClN2O/c13-9-5-2-1-4-8(9)10(14)12(11(15)16)6-3-7-12/h1-2,4-5,10H,3,6-7,14H2,(H2,15,16). The topological polar surface area (TPSA) is 69.1 Å². The molecule has 1 aromatic carbocycles. The van der Waals surface area contributed by atoms with Gasteiger partial charge in [0.1, 0.15) is 0 Å². The second kappa shape index (κ2) is 4.07. The number of carbonyl (C=O) groups excluding carboxylic acids is 1. The monoisotopic (exact) mass is 238 g/mol. The van der Waals surface area contributed by atoms with Crippen LogP contribution in [0.5, 0.6) is 0 Å². The zero-order valence-electron chi connectivity index (χ0n) is 8.95. The number of benzene rings is 1. The van der Waals surface area contributed by atoms with Crippen LogP contribution >= 0.6 is 11.6 Å². The highest BCUT2D eigenvalue weighted by Gasteiger charge is 2.48. The molecule has 1 aliphatic rings. The van der Waals surface area contributed by atoms with Gasteiger partial charge in [0.25, 0.3) is 0 Å². The van der Waals surface area contributed by atoms with Crippen molar-refractivity contribution in [3.8, 4) is 0 Å². The van der Waals surface area contributed by atoms with Crippen LogP contribution in [0.15, 0.2) is 24.3 Å². The molecule has 1 aromatic rings. The predicted molar refractivity (Wildman–Crippen MR) is 63.9 cm³/mol. The highest BCUT2D eigenvalue weighted by atomic mass is 35.5. The molecular weight excluding hydrogens is 224 g/mol. The largest absolute Gasteiger partial charge is 0.369 e. The van der Waals surface area contributed by atoms with Gasteiger partial charge in [0.15, 0.2) is 0 Å². The second-order valence-electron chi connectivity index (χ2n) is 4.37. The molecule has 0 saturated heterocycles. The van der Waals surface area contributed by atoms with Crippen LogP contribution in [0, 0.1) is 5.41 Å². The van der Waals surface area contributed by atoms with Crippen LogP contribution in [-0.4, -0.2) is 5.91 Å². The Morgan fingerprint density at radius 3 is 2.44 bits per heavy atom. The Morgan fingerprint density at radius 1 is 1.38 bits per heavy atom. The Labute approximate surface area is 99.8 Å². The van der Waals surface area contributed by atoms with Crippen LogP contribution in [0.4, 0.5) is 0 Å². The number of rotatable bonds is 3. The average molecular weight is 239 g/mol. The van der Waals surface area contributed by atoms with Crippen LogP contribution < -0.4 is 11.5 Å². The summed E-state index contributed by atoms with van der Waals surface area (Å²) in [4.78, 5) is 11.5. The van der Waals surface area contributed by atoms with Gasteiger partial charge in [0.2, 0.25) is 5.91 Å². The predicted octanol–water partition coefficient (Wildman–Crippen LogP) is 2.00. The van der Waals surface area contributed by atoms with Gasteiger partial charge in [-0.1, -0.05) is 36.2 Å². The zero-order valence-corrected chi connectivity index (χ0v) is 9.70. The van der Waals surface area contributed by atoms with E-state index in [1.54, 1.807) is 6.07 Å². The summed E-state index contributed by atoms with van der Waals surface area (Å²) in [7, 11) is 0. The normalized spacial score (nSPS) is 19.9. The molecule has 1 amide bonds. The van der Waals surface area contributed by atoms with Gasteiger partial charge in [0.05, 0.1) is 5.41 Å². The number of amides is 1. The fourth-order valence-electron chi connectivity index (χ4n) is 2.29. The van der Waals surface area contributed by atoms with E-state index in [4.69, 9.17) is 23.1 Å². The fourth-order valence-corrected chi connectivity index (χ4v) is 2.55. The molecule has 1 aliphatic carbocycles. The van der Waals surface area contributed by atoms with Crippen molar-refractivity contribution in [2.45, 2.75) is 25.3 Å². The van der Waals surface area contributed by atoms with Gasteiger partial charge in [-0.05, 0) is 24.5 Å². The second-order valence-corrected chi connectivity index (χ2v) is 4.78. The lowest BCUT2D eigenvalue weighted by atomic mass is 9.62. The van der Waals surface area contributed by atoms with Crippen LogP contribution in [0.1, 0.15) is 30.9 Å². The molecule has 1 atom stereocenters. The smallest absolute Gasteiger partial charge is 0.225 e. The molecule has 1 fully saturated rings. The molecular formula is C12H15ClN2O. The molecule has 0 radical (unpaired) electrons. The van der Waals surface area contributed by atoms with Gasteiger partial charge in [-0.15, -0.1) is 0 Å². The third kappa shape index (κ3) is 1.60. The van der Waals surface area contributed by atoms with E-state index >= 15 is 0 Å². The molecule has 2 rings (SSSR count). The quantitative estimate of drug-likeness (QED) is 0.846. The zero-order chi connectivity index (χ0) is 11.8. The van der Waals surface area contributed by atoms with E-state index in [2.05, 4.69) is 0 Å². The van der Waals surface area contributed by atoms with E-state index in [1.807, 2.05) is 18.2 Å². The summed E-state index contributed by atoms with van der Waals surface area (Å²) in [6.07, 6.45) is 2.52. The first-order valence-electron chi connectivity index (χ1n) is 5.38. The van der Waals surface area contributed by atoms with E-state index in [1.165, 1.54) is 0 Å². The minimum absolute atomic E-state index is 0.314. The molecule has 0 bridgehead atoms. The summed E-state index contributed by atoms with van der Waals surface area (Å²) in [5.41, 5.74) is 11.8. The SMILES string of the molecule is NC(=O)C1(C(N)c2ccccc2Cl)CCC1. The maximum atomic E-state index is 11.5. The third-order valence-corrected chi connectivity index (χ3v) is 3.92. The lowest BCUT2D eigenvalue weighted by Gasteiger charge is -2.43. The average Bonchev–Trinajstić information content (AvgIpc) is 2.15. The molecule has 86 valence electrons. The number of carbonyl (C=O) groups is 1. The van der Waals surface area contributed by atoms with Gasteiger partial charge in [-0.3, -0.25) is 4.79 Å². The number of nitrogens with two attached hydrogens (primary N) is 2. The van der Waals surface area contributed by atoms with Gasteiger partial charge in [-0.25, -0.2) is 0 Å². The Bertz CT molecular complexity index is 415. The Kier molecular flexibility index (Phi) is 2.91. The van der Waals surface area contributed by atoms with E-state index in [-0.39, 0.29) is 5.91 Å². The minimum Gasteiger partial charge on any atom is -0.369 e. The maximum Gasteiger partial charge on any atom is 0.225 e. The first kappa shape index (κ1) is 11.4. The van der Waals surface area contributed by atoms with E-state index in [9.17, 15) is 4.79 Å². The van der Waals surface area contributed by atoms with E-state index in [0.29, 0.717) is 5.02 Å². The van der Waals surface area contributed by atoms with Crippen LogP contribution in [0.2, 0.25) is 5.02 Å². The lowest BCUT2D eigenvalue weighted by molar-refractivity contribution is -0.134. The summed E-state index contributed by atoms with van der Waals surface area (Å²) < 4.78 is 0. The Morgan fingerprint density at radius 2 is 2.00 bits per heavy atom. The number of hydrogen-bond donors (Lipinski definition) is 2. The lowest BCUT2D eigenvalue weighted by Crippen LogP contribution is -2.50. The van der Waals surface area contributed by atoms with Crippen molar-refractivity contribution in [3.63, 3.8) is 0 Å². The van der Waals surface area contributed by atoms with Gasteiger partial charge in [-0.2, -0.15) is 0 Å². The van der Waals surface area contributed by atoms with Crippen molar-refractivity contribution in [3.05, 3.63) is 34.9 Å². The molecule has 4 N–H and O–H groups in total. The third-order valence-electron chi connectivity index (χ3n) is 3.57. The minimum atomic E-state index is -0.592. The van der Waals surface area contributed by atoms with Crippen molar-refractivity contribution >= 4 is 17.5 Å². The van der Waals surface area contributed by atoms with Crippen molar-refractivity contribution < 1.29 is 4.79 Å². The Balaban J connectivity index is 2.35. The number of primary amides is 1. The number of halogens is 1. The summed E-state index contributed by atoms with van der Waals surface area (Å²) in [6, 6.07) is 6.96. The van der Waals surface area contributed by atoms with Crippen molar-refractivity contribution in [1.29, 1.82) is 0 Å². The maximum absolute atomic E-state index is 11.5. The molecule has 0 aromatic heterocycles. The number of hydrogen-bond acceptors (Lipinski definition) is 2. The van der Waals surface area contributed by atoms with Crippen molar-refractivity contribution in [1.82, 2.24) is 0 Å². The molecule has 16 heavy (non-hydrogen) atoms. The van der Waals surface area contributed by atoms with Gasteiger partial charge < -0.3 is 11.5 Å². The van der Waals surface area contributed by atoms with Crippen LogP contribution in [0.25, 0.3) is 0 Å². The molecule has 0 heterocycles. The first-order valence-corrected chi connectivity index (χ1v) is 5.75. The fraction of sp³-hybridized carbons (Fsp3) is 0.417. The summed E-state index contributed by atoms with van der Waals surface area (Å²) in [5.74, 6) is -0.314. The Hall–Kier alpha value is -1.06. The molecule has 4 heteroatoms. The molecule has 3 nitrogen and oxygen atoms in total. The van der Waals surface area contributed by atoms with Crippen LogP contribution in [-0.2, 0) is 4.79 Å². The first-order chi connectivity index (χ1) is 7.58. The molecule has 0 aliphatic heterocycles. The highest BCUT2D eigenvalue weighted by Crippen LogP contribution is 2.49. The van der Waals surface area contributed by atoms with Crippen LogP contribution in [0.3, 0.4) is 0 Å². The van der Waals surface area contributed by atoms with Crippen molar-refractivity contribution in [2.24, 2.45) is 16.9 Å². The molecule has 1 unspecified atom stereocenters. The van der Waals surface area contributed by atoms with Gasteiger partial charge in [0, 0.05) is 11.1 Å². The van der Waals surface area contributed by atoms with E-state index < -0.39 is 11.5 Å². The summed E-state index contributed by atoms with van der Waals surface area (Å²) in [5, 5.41) is 0.600. The summed E-state index contributed by atoms with van der Waals surface area (Å²) in [6.45, 7) is 0. The molecule has 0 spiro atoms. The van der Waals surface area contributed by atoms with Crippen molar-refractivity contribution in [2.75, 3.05) is 0 Å².